The Morgan fingerprint density at radius 3 is 2.51 bits per heavy atom. The largest absolute Gasteiger partial charge is 0.489 e. The highest BCUT2D eigenvalue weighted by Gasteiger charge is 2.49. The zero-order chi connectivity index (χ0) is 51.4. The van der Waals surface area contributed by atoms with Gasteiger partial charge >= 0.3 is 0 Å². The molecule has 4 fully saturated rings. The number of carbonyl (C=O) groups is 1. The standard InChI is InChI=1S/C54H66FN7O10S/c1-32(2)37-9-6-7-10-38(37)39-11-8-12-44(39)61-30-54(31-61)19-21-60(22-20-54)35-13-14-40(46(23-35)72-48-26-41-42(55)27-56-50(41)58-52(48)71-28-33(3)69-5)51(63)59-73(67,68)36-24-45(62(65)66)49-47(25-36)70-29-43(57-49)34-15-17-53(4,64)18-16-34/h6-7,9-10,13-14,23-27,32-34,39,43-44,57,64H,8,11-12,15-22,28-31H2,1-5H3,(H,56,58)(H,59,63)/t33?,34?,39-,43+,44?,53?/m0/s1. The zero-order valence-electron chi connectivity index (χ0n) is 42.1. The van der Waals surface area contributed by atoms with Crippen LogP contribution in [0.2, 0.25) is 0 Å². The quantitative estimate of drug-likeness (QED) is 0.0569. The second-order valence-electron chi connectivity index (χ2n) is 21.6. The summed E-state index contributed by atoms with van der Waals surface area (Å²) in [4.78, 5) is 37.8. The summed E-state index contributed by atoms with van der Waals surface area (Å²) < 4.78 is 69.4. The molecule has 10 rings (SSSR count). The van der Waals surface area contributed by atoms with E-state index >= 15 is 4.39 Å². The van der Waals surface area contributed by atoms with Gasteiger partial charge in [-0.05, 0) is 112 Å². The summed E-state index contributed by atoms with van der Waals surface area (Å²) in [6.07, 6.45) is 8.87. The normalized spacial score (nSPS) is 24.4. The summed E-state index contributed by atoms with van der Waals surface area (Å²) in [7, 11) is -3.25. The number of amides is 1. The molecule has 2 saturated heterocycles. The van der Waals surface area contributed by atoms with Crippen molar-refractivity contribution < 1.29 is 46.6 Å². The molecular weight excluding hydrogens is 958 g/mol. The summed E-state index contributed by atoms with van der Waals surface area (Å²) in [6, 6.07) is 17.5. The minimum atomic E-state index is -4.78. The molecule has 1 spiro atoms. The van der Waals surface area contributed by atoms with Crippen LogP contribution in [0.3, 0.4) is 0 Å². The minimum absolute atomic E-state index is 0.0261. The molecule has 4 atom stereocenters. The third-order valence-corrected chi connectivity index (χ3v) is 17.6. The number of halogens is 1. The van der Waals surface area contributed by atoms with Crippen molar-refractivity contribution in [3.8, 4) is 23.1 Å². The van der Waals surface area contributed by atoms with E-state index in [9.17, 15) is 28.4 Å². The highest BCUT2D eigenvalue weighted by molar-refractivity contribution is 7.90. The number of ether oxygens (including phenoxy) is 4. The molecule has 3 aromatic carbocycles. The number of aromatic nitrogens is 2. The fourth-order valence-electron chi connectivity index (χ4n) is 11.9. The SMILES string of the molecule is COC(C)COc1nc2[nH]cc(F)c2cc1Oc1cc(N2CCC3(CC2)CN(C2CCC[C@H]2c2ccccc2C(C)C)C3)ccc1C(=O)NS(=O)(=O)c1cc2c(c([N+](=O)[O-])c1)N[C@@H](C1CCC(C)(O)CC1)CO2. The van der Waals surface area contributed by atoms with Crippen LogP contribution in [-0.4, -0.2) is 110 Å². The molecular formula is C54H66FN7O10S. The maximum absolute atomic E-state index is 15.1. The molecule has 5 heterocycles. The van der Waals surface area contributed by atoms with Crippen molar-refractivity contribution in [2.45, 2.75) is 126 Å². The molecule has 390 valence electrons. The number of nitro groups is 1. The Morgan fingerprint density at radius 2 is 1.78 bits per heavy atom. The number of sulfonamides is 1. The smallest absolute Gasteiger partial charge is 0.297 e. The van der Waals surface area contributed by atoms with Gasteiger partial charge in [-0.15, -0.1) is 0 Å². The summed E-state index contributed by atoms with van der Waals surface area (Å²) in [5.74, 6) is -0.777. The van der Waals surface area contributed by atoms with E-state index in [1.807, 2.05) is 0 Å². The van der Waals surface area contributed by atoms with E-state index in [0.29, 0.717) is 43.6 Å². The van der Waals surface area contributed by atoms with Gasteiger partial charge in [-0.2, -0.15) is 4.98 Å². The highest BCUT2D eigenvalue weighted by atomic mass is 32.2. The Balaban J connectivity index is 0.904. The van der Waals surface area contributed by atoms with E-state index < -0.39 is 42.9 Å². The number of pyridine rings is 1. The average molecular weight is 1020 g/mol. The molecule has 0 bridgehead atoms. The number of nitrogens with zero attached hydrogens (tertiary/aromatic N) is 4. The lowest BCUT2D eigenvalue weighted by Crippen LogP contribution is -2.63. The van der Waals surface area contributed by atoms with Crippen LogP contribution in [0.5, 0.6) is 23.1 Å². The van der Waals surface area contributed by atoms with Gasteiger partial charge in [-0.25, -0.2) is 17.5 Å². The Kier molecular flexibility index (Phi) is 13.8. The summed E-state index contributed by atoms with van der Waals surface area (Å²) in [6.45, 7) is 11.9. The number of piperidine rings is 1. The van der Waals surface area contributed by atoms with Gasteiger partial charge in [0.25, 0.3) is 27.5 Å². The molecule has 19 heteroatoms. The summed E-state index contributed by atoms with van der Waals surface area (Å²) in [5, 5.41) is 26.3. The van der Waals surface area contributed by atoms with Crippen molar-refractivity contribution in [3.05, 3.63) is 99.5 Å². The van der Waals surface area contributed by atoms with Crippen LogP contribution in [-0.2, 0) is 14.8 Å². The maximum Gasteiger partial charge on any atom is 0.297 e. The number of anilines is 2. The van der Waals surface area contributed by atoms with Gasteiger partial charge < -0.3 is 39.3 Å². The Hall–Kier alpha value is -6.02. The fourth-order valence-corrected chi connectivity index (χ4v) is 12.9. The lowest BCUT2D eigenvalue weighted by molar-refractivity contribution is -0.384. The van der Waals surface area contributed by atoms with E-state index in [1.54, 1.807) is 26.0 Å². The third-order valence-electron chi connectivity index (χ3n) is 16.3. The number of nitrogens with one attached hydrogen (secondary N) is 3. The first kappa shape index (κ1) is 50.5. The number of benzene rings is 3. The van der Waals surface area contributed by atoms with Crippen molar-refractivity contribution >= 4 is 44.0 Å². The average Bonchev–Trinajstić information content (AvgIpc) is 4.00. The van der Waals surface area contributed by atoms with Crippen LogP contribution in [0, 0.1) is 27.3 Å². The van der Waals surface area contributed by atoms with E-state index in [0.717, 1.165) is 63.0 Å². The Labute approximate surface area is 425 Å². The molecule has 2 aromatic heterocycles. The van der Waals surface area contributed by atoms with E-state index in [-0.39, 0.29) is 82.1 Å². The van der Waals surface area contributed by atoms with Gasteiger partial charge in [-0.3, -0.25) is 19.8 Å². The number of methoxy groups -OCH3 is 1. The van der Waals surface area contributed by atoms with Crippen LogP contribution in [0.4, 0.5) is 21.5 Å². The molecule has 5 aromatic rings. The van der Waals surface area contributed by atoms with Crippen molar-refractivity contribution in [1.29, 1.82) is 0 Å². The lowest BCUT2D eigenvalue weighted by Gasteiger charge is -2.57. The number of likely N-dealkylation sites (tertiary alicyclic amines) is 1. The van der Waals surface area contributed by atoms with Crippen LogP contribution in [0.15, 0.2) is 71.8 Å². The summed E-state index contributed by atoms with van der Waals surface area (Å²) in [5.41, 5.74) is 2.60. The topological polar surface area (TPSA) is 211 Å². The molecule has 5 aliphatic rings. The van der Waals surface area contributed by atoms with E-state index in [1.165, 1.54) is 49.6 Å². The zero-order valence-corrected chi connectivity index (χ0v) is 42.9. The van der Waals surface area contributed by atoms with Crippen LogP contribution in [0.1, 0.15) is 119 Å². The van der Waals surface area contributed by atoms with E-state index in [2.05, 4.69) is 67.9 Å². The second kappa shape index (κ2) is 20.0. The first-order valence-electron chi connectivity index (χ1n) is 25.6. The lowest BCUT2D eigenvalue weighted by atomic mass is 9.70. The minimum Gasteiger partial charge on any atom is -0.489 e. The number of hydrogen-bond acceptors (Lipinski definition) is 14. The molecule has 0 radical (unpaired) electrons. The van der Waals surface area contributed by atoms with Crippen LogP contribution in [0.25, 0.3) is 11.0 Å². The molecule has 4 N–H and O–H groups in total. The molecule has 73 heavy (non-hydrogen) atoms. The fraction of sp³-hybridized carbons (Fsp3) is 0.519. The predicted octanol–water partition coefficient (Wildman–Crippen LogP) is 9.41. The number of nitro benzene ring substituents is 1. The highest BCUT2D eigenvalue weighted by Crippen LogP contribution is 2.50. The van der Waals surface area contributed by atoms with Crippen LogP contribution >= 0.6 is 0 Å². The van der Waals surface area contributed by atoms with E-state index in [4.69, 9.17) is 18.9 Å². The van der Waals surface area contributed by atoms with Crippen LogP contribution < -0.4 is 29.1 Å². The van der Waals surface area contributed by atoms with Crippen molar-refractivity contribution in [2.75, 3.05) is 56.7 Å². The number of aliphatic hydroxyl groups is 1. The van der Waals surface area contributed by atoms with Crippen molar-refractivity contribution in [1.82, 2.24) is 19.6 Å². The van der Waals surface area contributed by atoms with Gasteiger partial charge in [0.2, 0.25) is 0 Å². The molecule has 17 nitrogen and oxygen atoms in total. The first-order valence-corrected chi connectivity index (χ1v) is 27.1. The first-order chi connectivity index (χ1) is 34.9. The third kappa shape index (κ3) is 10.3. The Morgan fingerprint density at radius 1 is 1.03 bits per heavy atom. The molecule has 2 aliphatic carbocycles. The Bertz CT molecular complexity index is 2990. The second-order valence-corrected chi connectivity index (χ2v) is 23.3. The van der Waals surface area contributed by atoms with Gasteiger partial charge in [0.1, 0.15) is 30.4 Å². The predicted molar refractivity (Wildman–Crippen MR) is 274 cm³/mol. The van der Waals surface area contributed by atoms with Crippen molar-refractivity contribution in [2.24, 2.45) is 11.3 Å². The van der Waals surface area contributed by atoms with Gasteiger partial charge in [0.15, 0.2) is 17.2 Å². The molecule has 2 unspecified atom stereocenters. The van der Waals surface area contributed by atoms with Gasteiger partial charge in [0, 0.05) is 75.5 Å². The molecule has 3 aliphatic heterocycles. The van der Waals surface area contributed by atoms with Gasteiger partial charge in [0.05, 0.1) is 38.5 Å². The molecule has 1 amide bonds. The maximum atomic E-state index is 15.1. The summed E-state index contributed by atoms with van der Waals surface area (Å²) >= 11 is 0. The monoisotopic (exact) mass is 1020 g/mol. The number of carbonyl (C=O) groups excluding carboxylic acids is 1. The molecule has 2 saturated carbocycles. The number of aromatic amines is 1. The van der Waals surface area contributed by atoms with Gasteiger partial charge in [-0.1, -0.05) is 44.5 Å². The number of fused-ring (bicyclic) bond motifs is 2. The number of rotatable bonds is 15. The number of H-pyrrole nitrogens is 1. The van der Waals surface area contributed by atoms with Crippen molar-refractivity contribution in [3.63, 3.8) is 0 Å². The number of hydrogen-bond donors (Lipinski definition) is 4.